The van der Waals surface area contributed by atoms with Crippen LogP contribution in [0, 0.1) is 5.41 Å². The average Bonchev–Trinajstić information content (AvgIpc) is 2.27. The molecule has 0 aliphatic rings. The van der Waals surface area contributed by atoms with Crippen molar-refractivity contribution >= 4 is 37.8 Å². The molecule has 2 N–H and O–H groups in total. The number of hydrogen-bond donors (Lipinski definition) is 2. The maximum atomic E-state index is 12.0. The molecule has 1 aromatic rings. The average molecular weight is 393 g/mol. The highest BCUT2D eigenvalue weighted by Crippen LogP contribution is 2.25. The minimum Gasteiger partial charge on any atom is -0.507 e. The Hall–Kier alpha value is -0.550. The molecule has 5 heteroatoms. The van der Waals surface area contributed by atoms with E-state index in [1.165, 1.54) is 6.07 Å². The highest BCUT2D eigenvalue weighted by Gasteiger charge is 2.18. The molecule has 0 heterocycles. The summed E-state index contributed by atoms with van der Waals surface area (Å²) in [4.78, 5) is 12.2. The second-order valence-electron chi connectivity index (χ2n) is 5.73. The molecule has 0 bridgehead atoms. The van der Waals surface area contributed by atoms with Gasteiger partial charge in [-0.05, 0) is 30.0 Å². The summed E-state index contributed by atoms with van der Waals surface area (Å²) in [5.74, 6) is -0.278. The molecule has 19 heavy (non-hydrogen) atoms. The zero-order valence-electron chi connectivity index (χ0n) is 11.3. The highest BCUT2D eigenvalue weighted by atomic mass is 79.9. The maximum absolute atomic E-state index is 12.0. The van der Waals surface area contributed by atoms with Crippen molar-refractivity contribution in [3.8, 4) is 5.75 Å². The summed E-state index contributed by atoms with van der Waals surface area (Å²) in [6, 6.07) is 4.80. The van der Waals surface area contributed by atoms with Crippen molar-refractivity contribution < 1.29 is 9.90 Å². The Kier molecular flexibility index (Phi) is 5.86. The molecule has 1 amide bonds. The Morgan fingerprint density at radius 3 is 2.63 bits per heavy atom. The SMILES string of the molecule is CC(C)(C)CC(Br)CNC(=O)c1cc(Br)ccc1O. The lowest BCUT2D eigenvalue weighted by Gasteiger charge is -2.22. The van der Waals surface area contributed by atoms with E-state index < -0.39 is 0 Å². The van der Waals surface area contributed by atoms with E-state index >= 15 is 0 Å². The lowest BCUT2D eigenvalue weighted by atomic mass is 9.90. The molecule has 0 spiro atoms. The van der Waals surface area contributed by atoms with E-state index in [0.717, 1.165) is 10.9 Å². The molecule has 0 aliphatic carbocycles. The zero-order valence-corrected chi connectivity index (χ0v) is 14.5. The third kappa shape index (κ3) is 5.95. The molecule has 0 saturated carbocycles. The van der Waals surface area contributed by atoms with E-state index in [0.29, 0.717) is 6.54 Å². The van der Waals surface area contributed by atoms with Gasteiger partial charge in [0.25, 0.3) is 5.91 Å². The molecule has 0 saturated heterocycles. The van der Waals surface area contributed by atoms with Crippen LogP contribution in [0.5, 0.6) is 5.75 Å². The van der Waals surface area contributed by atoms with Crippen molar-refractivity contribution in [2.45, 2.75) is 32.0 Å². The van der Waals surface area contributed by atoms with Gasteiger partial charge in [0.1, 0.15) is 5.75 Å². The lowest BCUT2D eigenvalue weighted by Crippen LogP contribution is -2.31. The molecule has 1 aromatic carbocycles. The highest BCUT2D eigenvalue weighted by molar-refractivity contribution is 9.10. The Balaban J connectivity index is 2.58. The quantitative estimate of drug-likeness (QED) is 0.758. The van der Waals surface area contributed by atoms with Gasteiger partial charge in [-0.25, -0.2) is 0 Å². The fourth-order valence-electron chi connectivity index (χ4n) is 1.73. The lowest BCUT2D eigenvalue weighted by molar-refractivity contribution is 0.0949. The number of nitrogens with one attached hydrogen (secondary N) is 1. The van der Waals surface area contributed by atoms with Crippen LogP contribution in [0.25, 0.3) is 0 Å². The number of carbonyl (C=O) groups excluding carboxylic acids is 1. The molecule has 1 rings (SSSR count). The van der Waals surface area contributed by atoms with Gasteiger partial charge in [0.05, 0.1) is 5.56 Å². The smallest absolute Gasteiger partial charge is 0.255 e. The number of hydrogen-bond acceptors (Lipinski definition) is 2. The van der Waals surface area contributed by atoms with Crippen LogP contribution in [0.15, 0.2) is 22.7 Å². The predicted molar refractivity (Wildman–Crippen MR) is 84.9 cm³/mol. The van der Waals surface area contributed by atoms with E-state index in [1.807, 2.05) is 0 Å². The van der Waals surface area contributed by atoms with Gasteiger partial charge >= 0.3 is 0 Å². The summed E-state index contributed by atoms with van der Waals surface area (Å²) in [7, 11) is 0. The van der Waals surface area contributed by atoms with E-state index in [9.17, 15) is 9.90 Å². The summed E-state index contributed by atoms with van der Waals surface area (Å²) in [5.41, 5.74) is 0.487. The van der Waals surface area contributed by atoms with E-state index in [4.69, 9.17) is 0 Å². The van der Waals surface area contributed by atoms with Gasteiger partial charge < -0.3 is 10.4 Å². The van der Waals surface area contributed by atoms with Gasteiger partial charge in [-0.15, -0.1) is 0 Å². The minimum atomic E-state index is -0.267. The van der Waals surface area contributed by atoms with Crippen LogP contribution >= 0.6 is 31.9 Å². The Bertz CT molecular complexity index is 455. The first kappa shape index (κ1) is 16.5. The van der Waals surface area contributed by atoms with E-state index in [1.54, 1.807) is 12.1 Å². The topological polar surface area (TPSA) is 49.3 Å². The van der Waals surface area contributed by atoms with Crippen molar-refractivity contribution in [1.29, 1.82) is 0 Å². The fourth-order valence-corrected chi connectivity index (χ4v) is 3.22. The van der Waals surface area contributed by atoms with Crippen LogP contribution in [0.3, 0.4) is 0 Å². The number of aromatic hydroxyl groups is 1. The van der Waals surface area contributed by atoms with Crippen LogP contribution < -0.4 is 5.32 Å². The molecule has 106 valence electrons. The normalized spacial score (nSPS) is 13.1. The van der Waals surface area contributed by atoms with Crippen molar-refractivity contribution in [3.05, 3.63) is 28.2 Å². The number of benzene rings is 1. The zero-order chi connectivity index (χ0) is 14.6. The molecular weight excluding hydrogens is 374 g/mol. The van der Waals surface area contributed by atoms with Crippen molar-refractivity contribution in [2.24, 2.45) is 5.41 Å². The summed E-state index contributed by atoms with van der Waals surface area (Å²) in [5, 5.41) is 12.5. The van der Waals surface area contributed by atoms with E-state index in [-0.39, 0.29) is 27.5 Å². The summed E-state index contributed by atoms with van der Waals surface area (Å²) in [6.45, 7) is 7.00. The predicted octanol–water partition coefficient (Wildman–Crippen LogP) is 4.08. The number of amides is 1. The molecular formula is C14H19Br2NO2. The van der Waals surface area contributed by atoms with Gasteiger partial charge in [0, 0.05) is 15.8 Å². The molecule has 1 atom stereocenters. The number of carbonyl (C=O) groups is 1. The largest absolute Gasteiger partial charge is 0.507 e. The fraction of sp³-hybridized carbons (Fsp3) is 0.500. The number of rotatable bonds is 4. The van der Waals surface area contributed by atoms with Crippen molar-refractivity contribution in [1.82, 2.24) is 5.32 Å². The van der Waals surface area contributed by atoms with Crippen LogP contribution in [0.2, 0.25) is 0 Å². The third-order valence-electron chi connectivity index (χ3n) is 2.52. The minimum absolute atomic E-state index is 0.0114. The van der Waals surface area contributed by atoms with Gasteiger partial charge in [-0.1, -0.05) is 52.6 Å². The Morgan fingerprint density at radius 2 is 2.05 bits per heavy atom. The van der Waals surface area contributed by atoms with Crippen molar-refractivity contribution in [3.63, 3.8) is 0 Å². The maximum Gasteiger partial charge on any atom is 0.255 e. The number of alkyl halides is 1. The number of phenolic OH excluding ortho intramolecular Hbond substituents is 1. The van der Waals surface area contributed by atoms with Gasteiger partial charge in [-0.2, -0.15) is 0 Å². The van der Waals surface area contributed by atoms with Gasteiger partial charge in [0.15, 0.2) is 0 Å². The molecule has 0 aromatic heterocycles. The van der Waals surface area contributed by atoms with Gasteiger partial charge in [-0.3, -0.25) is 4.79 Å². The summed E-state index contributed by atoms with van der Waals surface area (Å²) >= 11 is 6.85. The summed E-state index contributed by atoms with van der Waals surface area (Å²) in [6.07, 6.45) is 0.956. The van der Waals surface area contributed by atoms with Crippen LogP contribution in [0.1, 0.15) is 37.6 Å². The monoisotopic (exact) mass is 391 g/mol. The first-order chi connectivity index (χ1) is 8.69. The van der Waals surface area contributed by atoms with Crippen molar-refractivity contribution in [2.75, 3.05) is 6.54 Å². The molecule has 0 aliphatic heterocycles. The standard InChI is InChI=1S/C14H19Br2NO2/c1-14(2,3)7-10(16)8-17-13(19)11-6-9(15)4-5-12(11)18/h4-6,10,18H,7-8H2,1-3H3,(H,17,19). The number of phenols is 1. The van der Waals surface area contributed by atoms with Crippen LogP contribution in [-0.2, 0) is 0 Å². The van der Waals surface area contributed by atoms with E-state index in [2.05, 4.69) is 57.9 Å². The first-order valence-corrected chi connectivity index (χ1v) is 7.81. The summed E-state index contributed by atoms with van der Waals surface area (Å²) < 4.78 is 0.764. The molecule has 1 unspecified atom stereocenters. The second-order valence-corrected chi connectivity index (χ2v) is 7.94. The molecule has 3 nitrogen and oxygen atoms in total. The Labute approximate surface area is 131 Å². The number of halogens is 2. The first-order valence-electron chi connectivity index (χ1n) is 6.10. The Morgan fingerprint density at radius 1 is 1.42 bits per heavy atom. The molecule has 0 radical (unpaired) electrons. The third-order valence-corrected chi connectivity index (χ3v) is 3.66. The van der Waals surface area contributed by atoms with Crippen LogP contribution in [0.4, 0.5) is 0 Å². The second kappa shape index (κ2) is 6.75. The molecule has 0 fully saturated rings. The van der Waals surface area contributed by atoms with Crippen LogP contribution in [-0.4, -0.2) is 22.4 Å². The van der Waals surface area contributed by atoms with Gasteiger partial charge in [0.2, 0.25) is 0 Å².